The first-order chi connectivity index (χ1) is 12.1. The summed E-state index contributed by atoms with van der Waals surface area (Å²) in [5.74, 6) is 0.922. The Morgan fingerprint density at radius 1 is 1.08 bits per heavy atom. The molecule has 6 nitrogen and oxygen atoms in total. The van der Waals surface area contributed by atoms with E-state index in [9.17, 15) is 9.59 Å². The van der Waals surface area contributed by atoms with E-state index in [1.54, 1.807) is 25.4 Å². The Balaban J connectivity index is 1.57. The predicted molar refractivity (Wildman–Crippen MR) is 93.0 cm³/mol. The van der Waals surface area contributed by atoms with Gasteiger partial charge >= 0.3 is 0 Å². The van der Waals surface area contributed by atoms with Crippen molar-refractivity contribution in [2.45, 2.75) is 25.8 Å². The monoisotopic (exact) mass is 339 g/mol. The molecule has 2 amide bonds. The average molecular weight is 339 g/mol. The Bertz CT molecular complexity index is 740. The van der Waals surface area contributed by atoms with E-state index in [-0.39, 0.29) is 18.4 Å². The van der Waals surface area contributed by atoms with E-state index in [0.717, 1.165) is 12.2 Å². The molecule has 1 heterocycles. The Hall–Kier alpha value is -2.89. The Kier molecular flexibility index (Phi) is 4.97. The lowest BCUT2D eigenvalue weighted by Crippen LogP contribution is -2.54. The fraction of sp³-hybridized carbons (Fsp3) is 0.316. The molecular formula is C19H21N3O3. The number of nitrogens with zero attached hydrogens (tertiary/aromatic N) is 1. The predicted octanol–water partition coefficient (Wildman–Crippen LogP) is 2.41. The van der Waals surface area contributed by atoms with Gasteiger partial charge < -0.3 is 15.4 Å². The van der Waals surface area contributed by atoms with Crippen molar-refractivity contribution < 1.29 is 14.3 Å². The number of carbonyl (C=O) groups is 2. The maximum absolute atomic E-state index is 12.4. The first-order valence-electron chi connectivity index (χ1n) is 8.32. The van der Waals surface area contributed by atoms with Crippen molar-refractivity contribution in [3.8, 4) is 11.5 Å². The molecule has 0 unspecified atom stereocenters. The zero-order valence-electron chi connectivity index (χ0n) is 14.1. The van der Waals surface area contributed by atoms with E-state index >= 15 is 0 Å². The summed E-state index contributed by atoms with van der Waals surface area (Å²) >= 11 is 0. The molecule has 0 radical (unpaired) electrons. The highest BCUT2D eigenvalue weighted by molar-refractivity contribution is 6.05. The SMILES string of the molecule is CNC(=O)C1(C(=O)NCc2ccc(Oc3ccccc3)cn2)CCC1. The first kappa shape index (κ1) is 17.0. The summed E-state index contributed by atoms with van der Waals surface area (Å²) in [7, 11) is 1.56. The number of para-hydroxylation sites is 1. The van der Waals surface area contributed by atoms with Gasteiger partial charge in [-0.05, 0) is 37.1 Å². The molecule has 2 aromatic rings. The van der Waals surface area contributed by atoms with Gasteiger partial charge in [-0.25, -0.2) is 0 Å². The lowest BCUT2D eigenvalue weighted by molar-refractivity contribution is -0.149. The number of aromatic nitrogens is 1. The van der Waals surface area contributed by atoms with Crippen molar-refractivity contribution >= 4 is 11.8 Å². The van der Waals surface area contributed by atoms with Gasteiger partial charge in [-0.3, -0.25) is 14.6 Å². The summed E-state index contributed by atoms with van der Waals surface area (Å²) in [5.41, 5.74) is -0.203. The smallest absolute Gasteiger partial charge is 0.236 e. The van der Waals surface area contributed by atoms with Crippen molar-refractivity contribution in [1.29, 1.82) is 0 Å². The van der Waals surface area contributed by atoms with Crippen LogP contribution in [0.2, 0.25) is 0 Å². The van der Waals surface area contributed by atoms with Gasteiger partial charge in [-0.15, -0.1) is 0 Å². The van der Waals surface area contributed by atoms with E-state index in [4.69, 9.17) is 4.74 Å². The van der Waals surface area contributed by atoms with Crippen molar-refractivity contribution in [2.75, 3.05) is 7.05 Å². The fourth-order valence-corrected chi connectivity index (χ4v) is 2.87. The van der Waals surface area contributed by atoms with E-state index in [1.165, 1.54) is 0 Å². The number of ether oxygens (including phenoxy) is 1. The quantitative estimate of drug-likeness (QED) is 0.792. The van der Waals surface area contributed by atoms with Crippen molar-refractivity contribution in [2.24, 2.45) is 5.41 Å². The van der Waals surface area contributed by atoms with E-state index in [0.29, 0.717) is 24.3 Å². The molecule has 2 N–H and O–H groups in total. The second kappa shape index (κ2) is 7.34. The van der Waals surface area contributed by atoms with E-state index in [1.807, 2.05) is 30.3 Å². The van der Waals surface area contributed by atoms with Crippen molar-refractivity contribution in [3.63, 3.8) is 0 Å². The van der Waals surface area contributed by atoms with Gasteiger partial charge in [0.1, 0.15) is 16.9 Å². The van der Waals surface area contributed by atoms with Gasteiger partial charge in [0.25, 0.3) is 0 Å². The number of nitrogens with one attached hydrogen (secondary N) is 2. The van der Waals surface area contributed by atoms with Crippen LogP contribution >= 0.6 is 0 Å². The minimum Gasteiger partial charge on any atom is -0.456 e. The molecule has 130 valence electrons. The van der Waals surface area contributed by atoms with Gasteiger partial charge in [0, 0.05) is 7.05 Å². The molecule has 6 heteroatoms. The summed E-state index contributed by atoms with van der Waals surface area (Å²) in [6.07, 6.45) is 3.70. The number of hydrogen-bond donors (Lipinski definition) is 2. The maximum Gasteiger partial charge on any atom is 0.236 e. The highest BCUT2D eigenvalue weighted by Gasteiger charge is 2.50. The van der Waals surface area contributed by atoms with Crippen molar-refractivity contribution in [1.82, 2.24) is 15.6 Å². The molecule has 0 spiro atoms. The molecule has 0 saturated heterocycles. The standard InChI is InChI=1S/C19H21N3O3/c1-20-17(23)19(10-5-11-19)18(24)22-12-14-8-9-16(13-21-14)25-15-6-3-2-4-7-15/h2-4,6-9,13H,5,10-12H2,1H3,(H,20,23)(H,22,24). The average Bonchev–Trinajstić information content (AvgIpc) is 2.61. The molecule has 1 aromatic carbocycles. The topological polar surface area (TPSA) is 80.3 Å². The van der Waals surface area contributed by atoms with Crippen LogP contribution in [0.15, 0.2) is 48.7 Å². The van der Waals surface area contributed by atoms with Crippen LogP contribution in [0, 0.1) is 5.41 Å². The summed E-state index contributed by atoms with van der Waals surface area (Å²) in [4.78, 5) is 28.7. The number of pyridine rings is 1. The van der Waals surface area contributed by atoms with Gasteiger partial charge in [0.05, 0.1) is 18.4 Å². The molecule has 1 saturated carbocycles. The van der Waals surface area contributed by atoms with Crippen LogP contribution in [0.4, 0.5) is 0 Å². The Labute approximate surface area is 146 Å². The van der Waals surface area contributed by atoms with E-state index in [2.05, 4.69) is 15.6 Å². The van der Waals surface area contributed by atoms with Gasteiger partial charge in [0.15, 0.2) is 0 Å². The minimum atomic E-state index is -0.912. The summed E-state index contributed by atoms with van der Waals surface area (Å²) < 4.78 is 5.68. The molecule has 3 rings (SSSR count). The first-order valence-corrected chi connectivity index (χ1v) is 8.32. The summed E-state index contributed by atoms with van der Waals surface area (Å²) in [6, 6.07) is 13.1. The molecule has 0 aliphatic heterocycles. The van der Waals surface area contributed by atoms with E-state index < -0.39 is 5.41 Å². The highest BCUT2D eigenvalue weighted by atomic mass is 16.5. The molecule has 25 heavy (non-hydrogen) atoms. The van der Waals surface area contributed by atoms with Crippen LogP contribution in [0.25, 0.3) is 0 Å². The third-order valence-electron chi connectivity index (χ3n) is 4.51. The maximum atomic E-state index is 12.4. The second-order valence-electron chi connectivity index (χ2n) is 6.10. The van der Waals surface area contributed by atoms with Crippen molar-refractivity contribution in [3.05, 3.63) is 54.4 Å². The Morgan fingerprint density at radius 2 is 1.84 bits per heavy atom. The van der Waals surface area contributed by atoms with Crippen LogP contribution in [-0.4, -0.2) is 23.8 Å². The molecule has 1 aliphatic carbocycles. The molecule has 1 aromatic heterocycles. The lowest BCUT2D eigenvalue weighted by Gasteiger charge is -2.38. The van der Waals surface area contributed by atoms with Gasteiger partial charge in [-0.1, -0.05) is 24.6 Å². The highest BCUT2D eigenvalue weighted by Crippen LogP contribution is 2.41. The molecule has 0 bridgehead atoms. The lowest BCUT2D eigenvalue weighted by atomic mass is 9.67. The number of amides is 2. The second-order valence-corrected chi connectivity index (χ2v) is 6.10. The largest absolute Gasteiger partial charge is 0.456 e. The summed E-state index contributed by atoms with van der Waals surface area (Å²) in [5, 5.41) is 5.41. The fourth-order valence-electron chi connectivity index (χ4n) is 2.87. The molecule has 1 aliphatic rings. The summed E-state index contributed by atoms with van der Waals surface area (Å²) in [6.45, 7) is 0.281. The minimum absolute atomic E-state index is 0.212. The normalized spacial score (nSPS) is 14.9. The molecular weight excluding hydrogens is 318 g/mol. The molecule has 1 fully saturated rings. The number of hydrogen-bond acceptors (Lipinski definition) is 4. The zero-order chi connectivity index (χ0) is 17.7. The van der Waals surface area contributed by atoms with Crippen LogP contribution in [0.1, 0.15) is 25.0 Å². The third kappa shape index (κ3) is 3.63. The Morgan fingerprint density at radius 3 is 2.40 bits per heavy atom. The third-order valence-corrected chi connectivity index (χ3v) is 4.51. The van der Waals surface area contributed by atoms with Crippen LogP contribution < -0.4 is 15.4 Å². The van der Waals surface area contributed by atoms with Gasteiger partial charge in [-0.2, -0.15) is 0 Å². The number of rotatable bonds is 6. The van der Waals surface area contributed by atoms with Crippen LogP contribution in [-0.2, 0) is 16.1 Å². The number of benzene rings is 1. The zero-order valence-corrected chi connectivity index (χ0v) is 14.1. The van der Waals surface area contributed by atoms with Crippen LogP contribution in [0.5, 0.6) is 11.5 Å². The molecule has 0 atom stereocenters. The van der Waals surface area contributed by atoms with Crippen LogP contribution in [0.3, 0.4) is 0 Å². The number of carbonyl (C=O) groups excluding carboxylic acids is 2. The van der Waals surface area contributed by atoms with Gasteiger partial charge in [0.2, 0.25) is 11.8 Å².